The van der Waals surface area contributed by atoms with E-state index in [0.29, 0.717) is 6.61 Å². The summed E-state index contributed by atoms with van der Waals surface area (Å²) in [6.45, 7) is 12.4. The second kappa shape index (κ2) is 11.2. The molecule has 0 radical (unpaired) electrons. The van der Waals surface area contributed by atoms with Crippen LogP contribution >= 0.6 is 0 Å². The molecule has 0 bridgehead atoms. The van der Waals surface area contributed by atoms with Gasteiger partial charge in [0.05, 0.1) is 12.6 Å². The van der Waals surface area contributed by atoms with Crippen LogP contribution in [0.15, 0.2) is 24.3 Å². The minimum atomic E-state index is -0.631. The third-order valence-electron chi connectivity index (χ3n) is 5.77. The van der Waals surface area contributed by atoms with Crippen LogP contribution in [0.25, 0.3) is 0 Å². The van der Waals surface area contributed by atoms with Gasteiger partial charge in [0.25, 0.3) is 0 Å². The van der Waals surface area contributed by atoms with Crippen molar-refractivity contribution < 1.29 is 14.3 Å². The van der Waals surface area contributed by atoms with Gasteiger partial charge in [0.2, 0.25) is 0 Å². The van der Waals surface area contributed by atoms with Crippen molar-refractivity contribution in [2.75, 3.05) is 6.61 Å². The highest BCUT2D eigenvalue weighted by molar-refractivity contribution is 5.69. The van der Waals surface area contributed by atoms with Crippen LogP contribution in [0.1, 0.15) is 97.6 Å². The fraction of sp³-hybridized carbons (Fsp3) is 0.731. The molecule has 0 unspecified atom stereocenters. The van der Waals surface area contributed by atoms with Crippen LogP contribution in [0, 0.1) is 0 Å². The van der Waals surface area contributed by atoms with Crippen molar-refractivity contribution in [1.82, 2.24) is 4.90 Å². The number of nitrogens with zero attached hydrogens (tertiary/aromatic N) is 1. The lowest BCUT2D eigenvalue weighted by Crippen LogP contribution is -2.49. The second-order valence-electron chi connectivity index (χ2n) is 10.1. The first-order valence-electron chi connectivity index (χ1n) is 11.9. The molecule has 1 atom stereocenters. The van der Waals surface area contributed by atoms with Gasteiger partial charge in [0.1, 0.15) is 11.3 Å². The van der Waals surface area contributed by atoms with Gasteiger partial charge in [-0.05, 0) is 71.4 Å². The predicted octanol–water partition coefficient (Wildman–Crippen LogP) is 6.89. The highest BCUT2D eigenvalue weighted by Gasteiger charge is 2.45. The van der Waals surface area contributed by atoms with E-state index < -0.39 is 11.3 Å². The molecule has 1 saturated heterocycles. The lowest BCUT2D eigenvalue weighted by molar-refractivity contribution is -0.0626. The Balaban J connectivity index is 1.83. The van der Waals surface area contributed by atoms with Gasteiger partial charge < -0.3 is 9.47 Å². The summed E-state index contributed by atoms with van der Waals surface area (Å²) >= 11 is 0. The molecule has 1 aromatic carbocycles. The quantitative estimate of drug-likeness (QED) is 0.389. The van der Waals surface area contributed by atoms with Crippen molar-refractivity contribution in [2.45, 2.75) is 117 Å². The van der Waals surface area contributed by atoms with Crippen molar-refractivity contribution in [3.05, 3.63) is 35.4 Å². The Kier molecular flexibility index (Phi) is 9.21. The van der Waals surface area contributed by atoms with Crippen molar-refractivity contribution in [3.63, 3.8) is 0 Å². The van der Waals surface area contributed by atoms with E-state index in [2.05, 4.69) is 31.2 Å². The number of carbonyl (C=O) groups excluding carboxylic acids is 1. The molecule has 30 heavy (non-hydrogen) atoms. The summed E-state index contributed by atoms with van der Waals surface area (Å²) in [5, 5.41) is 0. The first kappa shape index (κ1) is 24.7. The topological polar surface area (TPSA) is 38.8 Å². The standard InChI is InChI=1S/C26H43NO3/c1-7-8-9-10-11-12-13-21-14-16-22(17-15-21)18-19-23-20-29-26(5,6)27(23)24(28)30-25(2,3)4/h14-17,23H,7-13,18-20H2,1-6H3/t23-/m1/s1. The fourth-order valence-electron chi connectivity index (χ4n) is 4.09. The van der Waals surface area contributed by atoms with Crippen LogP contribution in [0.3, 0.4) is 0 Å². The van der Waals surface area contributed by atoms with E-state index in [1.165, 1.54) is 56.1 Å². The van der Waals surface area contributed by atoms with Gasteiger partial charge in [-0.15, -0.1) is 0 Å². The zero-order valence-electron chi connectivity index (χ0n) is 20.1. The molecule has 1 aliphatic heterocycles. The van der Waals surface area contributed by atoms with E-state index in [1.54, 1.807) is 4.90 Å². The van der Waals surface area contributed by atoms with Crippen LogP contribution in [-0.4, -0.2) is 35.0 Å². The molecular formula is C26H43NO3. The Morgan fingerprint density at radius 3 is 2.20 bits per heavy atom. The van der Waals surface area contributed by atoms with Gasteiger partial charge in [-0.2, -0.15) is 0 Å². The highest BCUT2D eigenvalue weighted by atomic mass is 16.6. The molecule has 1 amide bonds. The Hall–Kier alpha value is -1.55. The van der Waals surface area contributed by atoms with Gasteiger partial charge >= 0.3 is 6.09 Å². The first-order chi connectivity index (χ1) is 14.1. The number of rotatable bonds is 10. The van der Waals surface area contributed by atoms with Crippen LogP contribution in [-0.2, 0) is 22.3 Å². The van der Waals surface area contributed by atoms with Crippen molar-refractivity contribution in [3.8, 4) is 0 Å². The molecule has 4 heteroatoms. The van der Waals surface area contributed by atoms with Crippen molar-refractivity contribution in [2.24, 2.45) is 0 Å². The van der Waals surface area contributed by atoms with E-state index >= 15 is 0 Å². The number of aryl methyl sites for hydroxylation is 2. The van der Waals surface area contributed by atoms with Crippen molar-refractivity contribution in [1.29, 1.82) is 0 Å². The zero-order chi connectivity index (χ0) is 22.2. The molecule has 0 saturated carbocycles. The summed E-state index contributed by atoms with van der Waals surface area (Å²) in [5.74, 6) is 0. The van der Waals surface area contributed by atoms with Gasteiger partial charge in [-0.25, -0.2) is 4.79 Å². The molecule has 1 heterocycles. The molecule has 1 aliphatic rings. The summed E-state index contributed by atoms with van der Waals surface area (Å²) in [5.41, 5.74) is 1.60. The normalized spacial score (nSPS) is 18.6. The molecule has 0 aliphatic carbocycles. The van der Waals surface area contributed by atoms with Gasteiger partial charge in [0.15, 0.2) is 0 Å². The van der Waals surface area contributed by atoms with E-state index in [9.17, 15) is 4.79 Å². The summed E-state index contributed by atoms with van der Waals surface area (Å²) in [7, 11) is 0. The molecule has 170 valence electrons. The smallest absolute Gasteiger partial charge is 0.412 e. The average molecular weight is 418 g/mol. The monoisotopic (exact) mass is 417 g/mol. The lowest BCUT2D eigenvalue weighted by Gasteiger charge is -2.35. The van der Waals surface area contributed by atoms with Gasteiger partial charge in [-0.3, -0.25) is 4.90 Å². The Bertz CT molecular complexity index is 645. The number of hydrogen-bond donors (Lipinski definition) is 0. The summed E-state index contributed by atoms with van der Waals surface area (Å²) in [4.78, 5) is 14.5. The highest BCUT2D eigenvalue weighted by Crippen LogP contribution is 2.31. The molecule has 0 spiro atoms. The minimum Gasteiger partial charge on any atom is -0.444 e. The fourth-order valence-corrected chi connectivity index (χ4v) is 4.09. The van der Waals surface area contributed by atoms with Crippen LogP contribution in [0.4, 0.5) is 4.79 Å². The van der Waals surface area contributed by atoms with E-state index in [4.69, 9.17) is 9.47 Å². The summed E-state index contributed by atoms with van der Waals surface area (Å²) < 4.78 is 11.5. The number of amides is 1. The third-order valence-corrected chi connectivity index (χ3v) is 5.77. The van der Waals surface area contributed by atoms with E-state index in [1.807, 2.05) is 34.6 Å². The number of carbonyl (C=O) groups is 1. The lowest BCUT2D eigenvalue weighted by atomic mass is 10.0. The van der Waals surface area contributed by atoms with Crippen LogP contribution in [0.2, 0.25) is 0 Å². The summed E-state index contributed by atoms with van der Waals surface area (Å²) in [6, 6.07) is 9.05. The average Bonchev–Trinajstić information content (AvgIpc) is 2.97. The number of ether oxygens (including phenoxy) is 2. The Morgan fingerprint density at radius 1 is 1.03 bits per heavy atom. The van der Waals surface area contributed by atoms with Crippen molar-refractivity contribution >= 4 is 6.09 Å². The molecule has 4 nitrogen and oxygen atoms in total. The number of unbranched alkanes of at least 4 members (excludes halogenated alkanes) is 5. The number of benzene rings is 1. The molecule has 0 aromatic heterocycles. The van der Waals surface area contributed by atoms with E-state index in [0.717, 1.165) is 12.8 Å². The van der Waals surface area contributed by atoms with Crippen LogP contribution < -0.4 is 0 Å². The molecule has 1 fully saturated rings. The largest absolute Gasteiger partial charge is 0.444 e. The predicted molar refractivity (Wildman–Crippen MR) is 124 cm³/mol. The Labute approximate surface area is 184 Å². The van der Waals surface area contributed by atoms with E-state index in [-0.39, 0.29) is 12.1 Å². The molecule has 2 rings (SSSR count). The maximum Gasteiger partial charge on any atom is 0.412 e. The first-order valence-corrected chi connectivity index (χ1v) is 11.9. The molecule has 0 N–H and O–H groups in total. The van der Waals surface area contributed by atoms with Gasteiger partial charge in [-0.1, -0.05) is 63.3 Å². The minimum absolute atomic E-state index is 0.0395. The maximum atomic E-state index is 12.8. The SMILES string of the molecule is CCCCCCCCc1ccc(CC[C@@H]2COC(C)(C)N2C(=O)OC(C)(C)C)cc1. The number of hydrogen-bond acceptors (Lipinski definition) is 3. The Morgan fingerprint density at radius 2 is 1.60 bits per heavy atom. The molecular weight excluding hydrogens is 374 g/mol. The maximum absolute atomic E-state index is 12.8. The second-order valence-corrected chi connectivity index (χ2v) is 10.1. The molecule has 1 aromatic rings. The van der Waals surface area contributed by atoms with Gasteiger partial charge in [0, 0.05) is 0 Å². The van der Waals surface area contributed by atoms with Crippen LogP contribution in [0.5, 0.6) is 0 Å². The summed E-state index contributed by atoms with van der Waals surface area (Å²) in [6.07, 6.45) is 10.7. The third kappa shape index (κ3) is 7.94. The zero-order valence-corrected chi connectivity index (χ0v) is 20.1.